The van der Waals surface area contributed by atoms with Gasteiger partial charge in [-0.25, -0.2) is 0 Å². The van der Waals surface area contributed by atoms with Crippen LogP contribution in [0.4, 0.5) is 0 Å². The molecule has 0 amide bonds. The van der Waals surface area contributed by atoms with E-state index in [0.717, 1.165) is 23.5 Å². The van der Waals surface area contributed by atoms with Crippen molar-refractivity contribution in [3.8, 4) is 5.75 Å². The van der Waals surface area contributed by atoms with Gasteiger partial charge in [-0.05, 0) is 47.3 Å². The van der Waals surface area contributed by atoms with Gasteiger partial charge in [-0.2, -0.15) is 0 Å². The molecule has 20 heavy (non-hydrogen) atoms. The molecule has 1 saturated carbocycles. The van der Waals surface area contributed by atoms with E-state index in [4.69, 9.17) is 4.74 Å². The summed E-state index contributed by atoms with van der Waals surface area (Å²) in [4.78, 5) is 13.6. The van der Waals surface area contributed by atoms with Gasteiger partial charge in [-0.3, -0.25) is 4.79 Å². The van der Waals surface area contributed by atoms with E-state index >= 15 is 0 Å². The molecule has 3 unspecified atom stereocenters. The van der Waals surface area contributed by atoms with Gasteiger partial charge in [0, 0.05) is 5.92 Å². The molecular formula is C17H16O2S. The van der Waals surface area contributed by atoms with Gasteiger partial charge in [0.15, 0.2) is 5.78 Å². The number of carbonyl (C=O) groups is 1. The topological polar surface area (TPSA) is 26.3 Å². The summed E-state index contributed by atoms with van der Waals surface area (Å²) < 4.78 is 5.30. The molecule has 2 aromatic rings. The first-order chi connectivity index (χ1) is 9.81. The van der Waals surface area contributed by atoms with Crippen molar-refractivity contribution in [1.29, 1.82) is 0 Å². The molecule has 3 heteroatoms. The number of fused-ring (bicyclic) bond motifs is 3. The Morgan fingerprint density at radius 2 is 2.15 bits per heavy atom. The van der Waals surface area contributed by atoms with Crippen molar-refractivity contribution in [2.24, 2.45) is 11.8 Å². The summed E-state index contributed by atoms with van der Waals surface area (Å²) in [5.41, 5.74) is 2.83. The third-order valence-electron chi connectivity index (χ3n) is 4.71. The van der Waals surface area contributed by atoms with E-state index in [-0.39, 0.29) is 11.7 Å². The number of methoxy groups -OCH3 is 1. The van der Waals surface area contributed by atoms with Gasteiger partial charge in [0.2, 0.25) is 0 Å². The Labute approximate surface area is 122 Å². The van der Waals surface area contributed by atoms with E-state index in [0.29, 0.717) is 11.8 Å². The number of carbonyl (C=O) groups excluding carboxylic acids is 1. The number of hydrogen-bond donors (Lipinski definition) is 0. The lowest BCUT2D eigenvalue weighted by molar-refractivity contribution is 0.0960. The number of thiophene rings is 1. The molecule has 0 radical (unpaired) electrons. The van der Waals surface area contributed by atoms with Crippen molar-refractivity contribution in [2.45, 2.75) is 18.8 Å². The Balaban J connectivity index is 1.66. The minimum Gasteiger partial charge on any atom is -0.495 e. The molecule has 2 aliphatic rings. The van der Waals surface area contributed by atoms with E-state index in [9.17, 15) is 4.79 Å². The highest BCUT2D eigenvalue weighted by atomic mass is 32.1. The van der Waals surface area contributed by atoms with Gasteiger partial charge in [0.25, 0.3) is 0 Å². The standard InChI is InChI=1S/C17H16O2S/c1-19-13-8-9-20-17(13)16(18)15-12-7-6-10-4-2-3-5-11(10)14(12)15/h2-5,8-9,12,14-15H,6-7H2,1H3. The SMILES string of the molecule is COc1ccsc1C(=O)C1C2CCc3ccccc3C21. The van der Waals surface area contributed by atoms with Crippen LogP contribution >= 0.6 is 11.3 Å². The minimum absolute atomic E-state index is 0.172. The van der Waals surface area contributed by atoms with Crippen LogP contribution in [-0.4, -0.2) is 12.9 Å². The smallest absolute Gasteiger partial charge is 0.180 e. The first-order valence-corrected chi connectivity index (χ1v) is 7.92. The second-order valence-corrected chi connectivity index (χ2v) is 6.55. The lowest BCUT2D eigenvalue weighted by Crippen LogP contribution is -2.03. The maximum absolute atomic E-state index is 12.8. The molecule has 0 aliphatic heterocycles. The summed E-state index contributed by atoms with van der Waals surface area (Å²) in [6, 6.07) is 10.5. The number of aryl methyl sites for hydroxylation is 1. The zero-order valence-corrected chi connectivity index (χ0v) is 12.2. The molecule has 2 aliphatic carbocycles. The summed E-state index contributed by atoms with van der Waals surface area (Å²) in [6.45, 7) is 0. The van der Waals surface area contributed by atoms with Crippen LogP contribution in [0.5, 0.6) is 5.75 Å². The van der Waals surface area contributed by atoms with Crippen molar-refractivity contribution in [1.82, 2.24) is 0 Å². The molecule has 0 bridgehead atoms. The fourth-order valence-electron chi connectivity index (χ4n) is 3.71. The van der Waals surface area contributed by atoms with Crippen molar-refractivity contribution >= 4 is 17.1 Å². The lowest BCUT2D eigenvalue weighted by atomic mass is 9.92. The number of benzene rings is 1. The Morgan fingerprint density at radius 1 is 1.30 bits per heavy atom. The number of ether oxygens (including phenoxy) is 1. The molecule has 0 N–H and O–H groups in total. The molecule has 4 rings (SSSR count). The van der Waals surface area contributed by atoms with Crippen molar-refractivity contribution < 1.29 is 9.53 Å². The Bertz CT molecular complexity index is 673. The van der Waals surface area contributed by atoms with E-state index in [1.54, 1.807) is 7.11 Å². The predicted molar refractivity (Wildman–Crippen MR) is 79.7 cm³/mol. The summed E-state index contributed by atoms with van der Waals surface area (Å²) in [7, 11) is 1.63. The molecule has 0 saturated heterocycles. The first-order valence-electron chi connectivity index (χ1n) is 7.04. The average Bonchev–Trinajstić information content (AvgIpc) is 3.04. The normalized spacial score (nSPS) is 26.6. The largest absolute Gasteiger partial charge is 0.495 e. The third-order valence-corrected chi connectivity index (χ3v) is 5.62. The second-order valence-electron chi connectivity index (χ2n) is 5.64. The molecular weight excluding hydrogens is 268 g/mol. The van der Waals surface area contributed by atoms with E-state index in [2.05, 4.69) is 24.3 Å². The van der Waals surface area contributed by atoms with Gasteiger partial charge in [0.05, 0.1) is 7.11 Å². The first kappa shape index (κ1) is 12.2. The maximum atomic E-state index is 12.8. The highest BCUT2D eigenvalue weighted by Gasteiger charge is 2.57. The van der Waals surface area contributed by atoms with Crippen LogP contribution in [0.1, 0.15) is 33.1 Å². The van der Waals surface area contributed by atoms with Crippen LogP contribution in [0.2, 0.25) is 0 Å². The molecule has 102 valence electrons. The molecule has 1 aromatic heterocycles. The van der Waals surface area contributed by atoms with Gasteiger partial charge in [0.1, 0.15) is 10.6 Å². The monoisotopic (exact) mass is 284 g/mol. The van der Waals surface area contributed by atoms with E-state index < -0.39 is 0 Å². The van der Waals surface area contributed by atoms with Gasteiger partial charge < -0.3 is 4.74 Å². The number of rotatable bonds is 3. The molecule has 2 nitrogen and oxygen atoms in total. The Morgan fingerprint density at radius 3 is 3.00 bits per heavy atom. The second kappa shape index (κ2) is 4.45. The van der Waals surface area contributed by atoms with Crippen LogP contribution in [0.25, 0.3) is 0 Å². The number of ketones is 1. The minimum atomic E-state index is 0.172. The highest BCUT2D eigenvalue weighted by molar-refractivity contribution is 7.12. The Kier molecular flexibility index (Phi) is 2.71. The molecule has 0 spiro atoms. The highest BCUT2D eigenvalue weighted by Crippen LogP contribution is 2.61. The van der Waals surface area contributed by atoms with Crippen molar-refractivity contribution in [3.05, 3.63) is 51.7 Å². The fourth-order valence-corrected chi connectivity index (χ4v) is 4.56. The molecule has 1 heterocycles. The zero-order chi connectivity index (χ0) is 13.7. The van der Waals surface area contributed by atoms with E-state index in [1.807, 2.05) is 11.4 Å². The van der Waals surface area contributed by atoms with Crippen LogP contribution < -0.4 is 4.74 Å². The number of Topliss-reactive ketones (excluding diaryl/α,β-unsaturated/α-hetero) is 1. The zero-order valence-electron chi connectivity index (χ0n) is 11.3. The van der Waals surface area contributed by atoms with Crippen molar-refractivity contribution in [2.75, 3.05) is 7.11 Å². The summed E-state index contributed by atoms with van der Waals surface area (Å²) in [5, 5.41) is 1.94. The Hall–Kier alpha value is -1.61. The van der Waals surface area contributed by atoms with Crippen LogP contribution in [0.15, 0.2) is 35.7 Å². The summed E-state index contributed by atoms with van der Waals surface area (Å²) >= 11 is 1.50. The molecule has 3 atom stereocenters. The number of hydrogen-bond acceptors (Lipinski definition) is 3. The van der Waals surface area contributed by atoms with Gasteiger partial charge >= 0.3 is 0 Å². The van der Waals surface area contributed by atoms with Crippen LogP contribution in [0.3, 0.4) is 0 Å². The lowest BCUT2D eigenvalue weighted by Gasteiger charge is -2.13. The maximum Gasteiger partial charge on any atom is 0.180 e. The van der Waals surface area contributed by atoms with Gasteiger partial charge in [-0.1, -0.05) is 24.3 Å². The summed E-state index contributed by atoms with van der Waals surface area (Å²) in [5.74, 6) is 2.18. The molecule has 1 aromatic carbocycles. The van der Waals surface area contributed by atoms with Crippen LogP contribution in [0, 0.1) is 11.8 Å². The predicted octanol–water partition coefficient (Wildman–Crippen LogP) is 3.92. The fraction of sp³-hybridized carbons (Fsp3) is 0.353. The van der Waals surface area contributed by atoms with Crippen molar-refractivity contribution in [3.63, 3.8) is 0 Å². The average molecular weight is 284 g/mol. The van der Waals surface area contributed by atoms with Crippen LogP contribution in [-0.2, 0) is 6.42 Å². The quantitative estimate of drug-likeness (QED) is 0.799. The summed E-state index contributed by atoms with van der Waals surface area (Å²) in [6.07, 6.45) is 2.26. The third kappa shape index (κ3) is 1.66. The molecule has 1 fully saturated rings. The van der Waals surface area contributed by atoms with E-state index in [1.165, 1.54) is 22.5 Å². The van der Waals surface area contributed by atoms with Gasteiger partial charge in [-0.15, -0.1) is 11.3 Å².